The van der Waals surface area contributed by atoms with E-state index in [-0.39, 0.29) is 11.8 Å². The predicted molar refractivity (Wildman–Crippen MR) is 79.6 cm³/mol. The number of pyridine rings is 1. The molecule has 7 heteroatoms. The van der Waals surface area contributed by atoms with Crippen LogP contribution >= 0.6 is 23.2 Å². The van der Waals surface area contributed by atoms with E-state index < -0.39 is 9.84 Å². The van der Waals surface area contributed by atoms with Crippen LogP contribution < -0.4 is 5.32 Å². The Balaban J connectivity index is 2.88. The van der Waals surface area contributed by atoms with Gasteiger partial charge in [0, 0.05) is 12.5 Å². The summed E-state index contributed by atoms with van der Waals surface area (Å²) in [5.41, 5.74) is 0.642. The van der Waals surface area contributed by atoms with Gasteiger partial charge in [0.25, 0.3) is 0 Å². The number of sulfone groups is 1. The van der Waals surface area contributed by atoms with Gasteiger partial charge in [-0.25, -0.2) is 8.42 Å². The van der Waals surface area contributed by atoms with E-state index in [4.69, 9.17) is 23.2 Å². The van der Waals surface area contributed by atoms with Crippen molar-refractivity contribution in [3.05, 3.63) is 28.0 Å². The molecule has 0 radical (unpaired) electrons. The molecule has 0 aliphatic rings. The molecule has 1 aromatic rings. The second-order valence-electron chi connectivity index (χ2n) is 4.45. The second-order valence-corrected chi connectivity index (χ2v) is 7.55. The van der Waals surface area contributed by atoms with Crippen LogP contribution in [0.15, 0.2) is 12.3 Å². The molecule has 1 N–H and O–H groups in total. The van der Waals surface area contributed by atoms with Gasteiger partial charge in [0.15, 0.2) is 0 Å². The average molecular weight is 325 g/mol. The van der Waals surface area contributed by atoms with Crippen LogP contribution in [-0.4, -0.2) is 32.0 Å². The van der Waals surface area contributed by atoms with E-state index >= 15 is 0 Å². The van der Waals surface area contributed by atoms with E-state index in [0.29, 0.717) is 22.2 Å². The average Bonchev–Trinajstić information content (AvgIpc) is 2.29. The molecule has 1 unspecified atom stereocenters. The van der Waals surface area contributed by atoms with Crippen molar-refractivity contribution in [3.8, 4) is 0 Å². The normalized spacial score (nSPS) is 13.5. The summed E-state index contributed by atoms with van der Waals surface area (Å²) in [6.45, 7) is 2.81. The molecule has 0 bridgehead atoms. The maximum Gasteiger partial charge on any atom is 0.147 e. The zero-order valence-corrected chi connectivity index (χ0v) is 13.3. The number of halogens is 2. The summed E-state index contributed by atoms with van der Waals surface area (Å²) >= 11 is 11.9. The number of hydrogen-bond acceptors (Lipinski definition) is 4. The van der Waals surface area contributed by atoms with Gasteiger partial charge in [-0.3, -0.25) is 4.98 Å². The molecule has 4 nitrogen and oxygen atoms in total. The van der Waals surface area contributed by atoms with Crippen molar-refractivity contribution in [3.63, 3.8) is 0 Å². The second kappa shape index (κ2) is 7.43. The number of nitrogens with one attached hydrogen (secondary N) is 1. The van der Waals surface area contributed by atoms with Gasteiger partial charge in [0.2, 0.25) is 0 Å². The van der Waals surface area contributed by atoms with Crippen molar-refractivity contribution in [2.75, 3.05) is 18.6 Å². The first-order valence-corrected chi connectivity index (χ1v) is 8.87. The highest BCUT2D eigenvalue weighted by Crippen LogP contribution is 2.26. The smallest absolute Gasteiger partial charge is 0.147 e. The molecule has 1 aromatic heterocycles. The van der Waals surface area contributed by atoms with Gasteiger partial charge in [-0.05, 0) is 25.5 Å². The molecule has 0 amide bonds. The van der Waals surface area contributed by atoms with Crippen molar-refractivity contribution in [2.24, 2.45) is 0 Å². The Morgan fingerprint density at radius 1 is 1.42 bits per heavy atom. The van der Waals surface area contributed by atoms with Crippen LogP contribution in [0.2, 0.25) is 10.0 Å². The molecule has 1 rings (SSSR count). The van der Waals surface area contributed by atoms with Crippen molar-refractivity contribution in [1.82, 2.24) is 10.3 Å². The van der Waals surface area contributed by atoms with Crippen LogP contribution in [0.5, 0.6) is 0 Å². The minimum Gasteiger partial charge on any atom is -0.309 e. The van der Waals surface area contributed by atoms with Crippen molar-refractivity contribution in [2.45, 2.75) is 25.8 Å². The first kappa shape index (κ1) is 16.7. The number of hydrogen-bond donors (Lipinski definition) is 1. The summed E-state index contributed by atoms with van der Waals surface area (Å²) in [5.74, 6) is 0.0923. The Kier molecular flexibility index (Phi) is 6.53. The first-order chi connectivity index (χ1) is 8.83. The van der Waals surface area contributed by atoms with Gasteiger partial charge in [0.1, 0.15) is 9.84 Å². The minimum absolute atomic E-state index is 0.0923. The highest BCUT2D eigenvalue weighted by Gasteiger charge is 2.18. The maximum absolute atomic E-state index is 11.3. The predicted octanol–water partition coefficient (Wildman–Crippen LogP) is 2.86. The summed E-state index contributed by atoms with van der Waals surface area (Å²) in [5, 5.41) is 4.18. The molecule has 108 valence electrons. The van der Waals surface area contributed by atoms with Gasteiger partial charge >= 0.3 is 0 Å². The molecule has 0 spiro atoms. The van der Waals surface area contributed by atoms with E-state index in [2.05, 4.69) is 10.3 Å². The topological polar surface area (TPSA) is 59.1 Å². The van der Waals surface area contributed by atoms with Crippen molar-refractivity contribution in [1.29, 1.82) is 0 Å². The minimum atomic E-state index is -3.01. The largest absolute Gasteiger partial charge is 0.309 e. The highest BCUT2D eigenvalue weighted by molar-refractivity contribution is 7.90. The van der Waals surface area contributed by atoms with Gasteiger partial charge in [-0.15, -0.1) is 0 Å². The zero-order chi connectivity index (χ0) is 14.5. The first-order valence-electron chi connectivity index (χ1n) is 6.05. The molecule has 1 heterocycles. The fourth-order valence-electron chi connectivity index (χ4n) is 1.67. The van der Waals surface area contributed by atoms with Crippen LogP contribution in [0.25, 0.3) is 0 Å². The number of nitrogens with zero attached hydrogens (tertiary/aromatic N) is 1. The Morgan fingerprint density at radius 2 is 2.11 bits per heavy atom. The molecular weight excluding hydrogens is 307 g/mol. The highest BCUT2D eigenvalue weighted by atomic mass is 35.5. The van der Waals surface area contributed by atoms with Crippen LogP contribution in [0, 0.1) is 0 Å². The molecule has 0 fully saturated rings. The quantitative estimate of drug-likeness (QED) is 0.837. The van der Waals surface area contributed by atoms with E-state index in [0.717, 1.165) is 13.0 Å². The Morgan fingerprint density at radius 3 is 2.63 bits per heavy atom. The third-order valence-electron chi connectivity index (χ3n) is 2.58. The summed E-state index contributed by atoms with van der Waals surface area (Å²) in [6, 6.07) is 1.44. The van der Waals surface area contributed by atoms with Gasteiger partial charge < -0.3 is 5.32 Å². The van der Waals surface area contributed by atoms with E-state index in [1.54, 1.807) is 6.07 Å². The van der Waals surface area contributed by atoms with E-state index in [1.165, 1.54) is 12.5 Å². The molecule has 0 saturated carbocycles. The van der Waals surface area contributed by atoms with Crippen molar-refractivity contribution >= 4 is 33.0 Å². The van der Waals surface area contributed by atoms with Gasteiger partial charge in [0.05, 0.1) is 27.5 Å². The molecule has 0 aliphatic heterocycles. The van der Waals surface area contributed by atoms with E-state index in [1.807, 2.05) is 6.92 Å². The number of aromatic nitrogens is 1. The third kappa shape index (κ3) is 6.08. The fourth-order valence-corrected chi connectivity index (χ4v) is 2.84. The Labute approximate surface area is 124 Å². The SMILES string of the molecule is CCCNC(CCS(C)(=O)=O)c1ncc(Cl)cc1Cl. The molecule has 0 aliphatic carbocycles. The van der Waals surface area contributed by atoms with Crippen LogP contribution in [0.3, 0.4) is 0 Å². The standard InChI is InChI=1S/C12H18Cl2N2O2S/c1-3-5-15-11(4-6-19(2,17)18)12-10(14)7-9(13)8-16-12/h7-8,11,15H,3-6H2,1-2H3. The maximum atomic E-state index is 11.3. The fraction of sp³-hybridized carbons (Fsp3) is 0.583. The molecular formula is C12H18Cl2N2O2S. The molecule has 0 aromatic carbocycles. The summed E-state index contributed by atoms with van der Waals surface area (Å²) in [4.78, 5) is 4.21. The van der Waals surface area contributed by atoms with Gasteiger partial charge in [-0.1, -0.05) is 30.1 Å². The van der Waals surface area contributed by atoms with Crippen LogP contribution in [-0.2, 0) is 9.84 Å². The third-order valence-corrected chi connectivity index (χ3v) is 4.07. The number of rotatable bonds is 7. The molecule has 19 heavy (non-hydrogen) atoms. The van der Waals surface area contributed by atoms with Gasteiger partial charge in [-0.2, -0.15) is 0 Å². The zero-order valence-electron chi connectivity index (χ0n) is 11.0. The lowest BCUT2D eigenvalue weighted by molar-refractivity contribution is 0.503. The lowest BCUT2D eigenvalue weighted by Gasteiger charge is -2.18. The van der Waals surface area contributed by atoms with E-state index in [9.17, 15) is 8.42 Å². The summed E-state index contributed by atoms with van der Waals surface area (Å²) < 4.78 is 22.6. The monoisotopic (exact) mass is 324 g/mol. The lowest BCUT2D eigenvalue weighted by Crippen LogP contribution is -2.25. The Hall–Kier alpha value is -0.360. The van der Waals surface area contributed by atoms with Crippen molar-refractivity contribution < 1.29 is 8.42 Å². The van der Waals surface area contributed by atoms with Crippen LogP contribution in [0.4, 0.5) is 0 Å². The lowest BCUT2D eigenvalue weighted by atomic mass is 10.1. The van der Waals surface area contributed by atoms with Crippen LogP contribution in [0.1, 0.15) is 31.5 Å². The summed E-state index contributed by atoms with van der Waals surface area (Å²) in [7, 11) is -3.01. The molecule has 1 atom stereocenters. The summed E-state index contributed by atoms with van der Waals surface area (Å²) in [6.07, 6.45) is 4.12. The molecule has 0 saturated heterocycles. The Bertz CT molecular complexity index is 520.